The molecule has 0 aliphatic carbocycles. The number of hydrogen-bond acceptors (Lipinski definition) is 5. The summed E-state index contributed by atoms with van der Waals surface area (Å²) in [5.74, 6) is -1.36. The van der Waals surface area contributed by atoms with Crippen LogP contribution in [0, 0.1) is 0 Å². The Morgan fingerprint density at radius 2 is 1.68 bits per heavy atom. The Hall–Kier alpha value is -2.69. The largest absolute Gasteiger partial charge is 0.508 e. The van der Waals surface area contributed by atoms with Gasteiger partial charge in [-0.25, -0.2) is 0 Å². The summed E-state index contributed by atoms with van der Waals surface area (Å²) >= 11 is 0. The Bertz CT molecular complexity index is 610. The highest BCUT2D eigenvalue weighted by molar-refractivity contribution is 6.12. The van der Waals surface area contributed by atoms with E-state index in [-0.39, 0.29) is 16.9 Å². The van der Waals surface area contributed by atoms with Crippen molar-refractivity contribution in [2.75, 3.05) is 7.11 Å². The van der Waals surface area contributed by atoms with Crippen LogP contribution in [-0.4, -0.2) is 28.2 Å². The summed E-state index contributed by atoms with van der Waals surface area (Å²) in [6, 6.07) is 8.32. The molecule has 5 heteroatoms. The normalized spacial score (nSPS) is 10.2. The third-order valence-electron chi connectivity index (χ3n) is 2.64. The second-order valence-corrected chi connectivity index (χ2v) is 3.92. The first-order valence-corrected chi connectivity index (χ1v) is 5.46. The number of ketones is 1. The molecule has 0 spiro atoms. The van der Waals surface area contributed by atoms with Crippen molar-refractivity contribution in [1.82, 2.24) is 0 Å². The van der Waals surface area contributed by atoms with Crippen molar-refractivity contribution in [2.45, 2.75) is 0 Å². The number of phenols is 3. The number of aromatic hydroxyl groups is 3. The van der Waals surface area contributed by atoms with Gasteiger partial charge in [-0.15, -0.1) is 0 Å². The number of carbonyl (C=O) groups is 1. The standard InChI is InChI=1S/C14H12O5/c1-19-10-4-2-3-8(5-10)14(18)13-11(16)6-9(15)7-12(13)17/h2-7,15-17H,1H3. The van der Waals surface area contributed by atoms with E-state index >= 15 is 0 Å². The van der Waals surface area contributed by atoms with E-state index in [4.69, 9.17) is 4.74 Å². The van der Waals surface area contributed by atoms with Crippen LogP contribution in [0.1, 0.15) is 15.9 Å². The molecule has 0 fully saturated rings. The number of rotatable bonds is 3. The fourth-order valence-corrected chi connectivity index (χ4v) is 1.74. The molecule has 0 bridgehead atoms. The summed E-state index contributed by atoms with van der Waals surface area (Å²) in [5.41, 5.74) is 0.00157. The Balaban J connectivity index is 2.50. The second-order valence-electron chi connectivity index (χ2n) is 3.92. The molecule has 0 saturated heterocycles. The monoisotopic (exact) mass is 260 g/mol. The van der Waals surface area contributed by atoms with Crippen molar-refractivity contribution < 1.29 is 24.9 Å². The van der Waals surface area contributed by atoms with Crippen molar-refractivity contribution in [2.24, 2.45) is 0 Å². The minimum absolute atomic E-state index is 0.258. The van der Waals surface area contributed by atoms with Gasteiger partial charge in [-0.2, -0.15) is 0 Å². The Morgan fingerprint density at radius 1 is 1.05 bits per heavy atom. The van der Waals surface area contributed by atoms with E-state index in [1.807, 2.05) is 0 Å². The molecule has 98 valence electrons. The Labute approximate surface area is 109 Å². The van der Waals surface area contributed by atoms with Gasteiger partial charge in [0.25, 0.3) is 0 Å². The molecule has 3 N–H and O–H groups in total. The van der Waals surface area contributed by atoms with Crippen LogP contribution in [0.2, 0.25) is 0 Å². The molecule has 0 atom stereocenters. The lowest BCUT2D eigenvalue weighted by molar-refractivity contribution is 0.103. The van der Waals surface area contributed by atoms with E-state index in [9.17, 15) is 20.1 Å². The number of ether oxygens (including phenoxy) is 1. The van der Waals surface area contributed by atoms with Crippen LogP contribution >= 0.6 is 0 Å². The maximum atomic E-state index is 12.2. The van der Waals surface area contributed by atoms with Crippen LogP contribution in [0.5, 0.6) is 23.0 Å². The molecule has 0 unspecified atom stereocenters. The molecule has 0 aliphatic heterocycles. The maximum absolute atomic E-state index is 12.2. The predicted octanol–water partition coefficient (Wildman–Crippen LogP) is 2.04. The molecule has 0 aliphatic rings. The quantitative estimate of drug-likeness (QED) is 0.735. The van der Waals surface area contributed by atoms with Crippen molar-refractivity contribution >= 4 is 5.78 Å². The third kappa shape index (κ3) is 2.44. The molecule has 0 saturated carbocycles. The van der Waals surface area contributed by atoms with Crippen LogP contribution in [0.15, 0.2) is 36.4 Å². The van der Waals surface area contributed by atoms with Gasteiger partial charge in [-0.3, -0.25) is 4.79 Å². The molecule has 0 amide bonds. The third-order valence-corrected chi connectivity index (χ3v) is 2.64. The zero-order valence-corrected chi connectivity index (χ0v) is 10.1. The lowest BCUT2D eigenvalue weighted by Gasteiger charge is -2.08. The average molecular weight is 260 g/mol. The zero-order valence-electron chi connectivity index (χ0n) is 10.1. The van der Waals surface area contributed by atoms with Gasteiger partial charge in [0.05, 0.1) is 7.11 Å². The van der Waals surface area contributed by atoms with Gasteiger partial charge in [-0.1, -0.05) is 12.1 Å². The summed E-state index contributed by atoms with van der Waals surface area (Å²) in [4.78, 5) is 12.2. The summed E-state index contributed by atoms with van der Waals surface area (Å²) in [7, 11) is 1.47. The highest BCUT2D eigenvalue weighted by Gasteiger charge is 2.19. The molecular formula is C14H12O5. The first-order valence-electron chi connectivity index (χ1n) is 5.46. The van der Waals surface area contributed by atoms with Crippen molar-refractivity contribution in [1.29, 1.82) is 0 Å². The van der Waals surface area contributed by atoms with Gasteiger partial charge in [0.15, 0.2) is 0 Å². The van der Waals surface area contributed by atoms with Crippen LogP contribution in [-0.2, 0) is 0 Å². The Kier molecular flexibility index (Phi) is 3.29. The molecule has 0 aromatic heterocycles. The smallest absolute Gasteiger partial charge is 0.200 e. The van der Waals surface area contributed by atoms with Gasteiger partial charge in [-0.05, 0) is 12.1 Å². The van der Waals surface area contributed by atoms with Gasteiger partial charge < -0.3 is 20.1 Å². The summed E-state index contributed by atoms with van der Waals surface area (Å²) in [6.45, 7) is 0. The first kappa shape index (κ1) is 12.8. The molecule has 0 heterocycles. The maximum Gasteiger partial charge on any atom is 0.200 e. The van der Waals surface area contributed by atoms with E-state index in [0.717, 1.165) is 12.1 Å². The number of benzene rings is 2. The fraction of sp³-hybridized carbons (Fsp3) is 0.0714. The molecule has 5 nitrogen and oxygen atoms in total. The SMILES string of the molecule is COc1cccc(C(=O)c2c(O)cc(O)cc2O)c1. The average Bonchev–Trinajstić information content (AvgIpc) is 2.37. The summed E-state index contributed by atoms with van der Waals surface area (Å²) in [5, 5.41) is 28.5. The minimum atomic E-state index is -0.561. The zero-order chi connectivity index (χ0) is 14.0. The predicted molar refractivity (Wildman–Crippen MR) is 67.9 cm³/mol. The number of hydrogen-bond donors (Lipinski definition) is 3. The van der Waals surface area contributed by atoms with Gasteiger partial charge in [0.1, 0.15) is 28.6 Å². The number of carbonyl (C=O) groups excluding carboxylic acids is 1. The van der Waals surface area contributed by atoms with E-state index in [1.165, 1.54) is 19.2 Å². The summed E-state index contributed by atoms with van der Waals surface area (Å²) < 4.78 is 5.00. The van der Waals surface area contributed by atoms with Crippen LogP contribution in [0.3, 0.4) is 0 Å². The molecule has 0 radical (unpaired) electrons. The molecule has 2 rings (SSSR count). The topological polar surface area (TPSA) is 87.0 Å². The van der Waals surface area contributed by atoms with Gasteiger partial charge in [0.2, 0.25) is 5.78 Å². The second kappa shape index (κ2) is 4.89. The van der Waals surface area contributed by atoms with Crippen molar-refractivity contribution in [3.05, 3.63) is 47.5 Å². The van der Waals surface area contributed by atoms with Crippen molar-refractivity contribution in [3.63, 3.8) is 0 Å². The summed E-state index contributed by atoms with van der Waals surface area (Å²) in [6.07, 6.45) is 0. The van der Waals surface area contributed by atoms with E-state index < -0.39 is 17.3 Å². The van der Waals surface area contributed by atoms with Gasteiger partial charge in [0, 0.05) is 17.7 Å². The lowest BCUT2D eigenvalue weighted by Crippen LogP contribution is -2.02. The lowest BCUT2D eigenvalue weighted by atomic mass is 10.0. The minimum Gasteiger partial charge on any atom is -0.508 e. The fourth-order valence-electron chi connectivity index (χ4n) is 1.74. The molecule has 2 aromatic carbocycles. The van der Waals surface area contributed by atoms with E-state index in [1.54, 1.807) is 12.1 Å². The Morgan fingerprint density at radius 3 is 2.26 bits per heavy atom. The van der Waals surface area contributed by atoms with E-state index in [0.29, 0.717) is 5.75 Å². The highest BCUT2D eigenvalue weighted by atomic mass is 16.5. The molecule has 2 aromatic rings. The van der Waals surface area contributed by atoms with Crippen LogP contribution in [0.25, 0.3) is 0 Å². The van der Waals surface area contributed by atoms with Crippen LogP contribution in [0.4, 0.5) is 0 Å². The first-order chi connectivity index (χ1) is 9.02. The number of phenolic OH excluding ortho intramolecular Hbond substituents is 3. The van der Waals surface area contributed by atoms with Crippen LogP contribution < -0.4 is 4.74 Å². The van der Waals surface area contributed by atoms with Crippen molar-refractivity contribution in [3.8, 4) is 23.0 Å². The van der Waals surface area contributed by atoms with E-state index in [2.05, 4.69) is 0 Å². The van der Waals surface area contributed by atoms with Gasteiger partial charge >= 0.3 is 0 Å². The number of methoxy groups -OCH3 is 1. The molecular weight excluding hydrogens is 248 g/mol. The highest BCUT2D eigenvalue weighted by Crippen LogP contribution is 2.33. The molecule has 19 heavy (non-hydrogen) atoms.